The number of aromatic carboxylic acids is 1. The first-order valence-electron chi connectivity index (χ1n) is 13.3. The lowest BCUT2D eigenvalue weighted by Gasteiger charge is -2.19. The number of carbonyl (C=O) groups excluding carboxylic acids is 3. The highest BCUT2D eigenvalue weighted by Crippen LogP contribution is 2.44. The van der Waals surface area contributed by atoms with E-state index in [2.05, 4.69) is 10.6 Å². The van der Waals surface area contributed by atoms with E-state index in [1.54, 1.807) is 12.1 Å². The van der Waals surface area contributed by atoms with Gasteiger partial charge in [0.2, 0.25) is 5.91 Å². The van der Waals surface area contributed by atoms with Gasteiger partial charge in [0.25, 0.3) is 0 Å². The van der Waals surface area contributed by atoms with Gasteiger partial charge in [-0.15, -0.1) is 0 Å². The van der Waals surface area contributed by atoms with Crippen LogP contribution in [0, 0.1) is 0 Å². The molecule has 9 nitrogen and oxygen atoms in total. The van der Waals surface area contributed by atoms with E-state index in [-0.39, 0.29) is 30.4 Å². The number of esters is 1. The predicted octanol–water partition coefficient (Wildman–Crippen LogP) is 5.36. The van der Waals surface area contributed by atoms with Crippen LogP contribution in [0.4, 0.5) is 10.5 Å². The molecule has 2 amide bonds. The Morgan fingerprint density at radius 3 is 2.07 bits per heavy atom. The highest BCUT2D eigenvalue weighted by Gasteiger charge is 2.30. The van der Waals surface area contributed by atoms with Crippen LogP contribution in [0.15, 0.2) is 103 Å². The van der Waals surface area contributed by atoms with Gasteiger partial charge in [0.05, 0.1) is 12.0 Å². The van der Waals surface area contributed by atoms with Crippen LogP contribution in [0.25, 0.3) is 11.1 Å². The minimum atomic E-state index is -1.35. The van der Waals surface area contributed by atoms with Gasteiger partial charge in [-0.1, -0.05) is 84.9 Å². The van der Waals surface area contributed by atoms with Gasteiger partial charge in [0.1, 0.15) is 19.3 Å². The quantitative estimate of drug-likeness (QED) is 0.221. The highest BCUT2D eigenvalue weighted by molar-refractivity contribution is 5.99. The molecule has 0 unspecified atom stereocenters. The molecule has 0 saturated heterocycles. The molecule has 0 spiro atoms. The first-order valence-corrected chi connectivity index (χ1v) is 13.3. The fourth-order valence-electron chi connectivity index (χ4n) is 4.91. The molecule has 0 aliphatic heterocycles. The number of fused-ring (bicyclic) bond motifs is 3. The van der Waals surface area contributed by atoms with Crippen molar-refractivity contribution in [2.75, 3.05) is 11.9 Å². The Hall–Kier alpha value is -5.44. The second-order valence-corrected chi connectivity index (χ2v) is 9.75. The van der Waals surface area contributed by atoms with Crippen molar-refractivity contribution in [1.29, 1.82) is 0 Å². The molecule has 9 heteroatoms. The smallest absolute Gasteiger partial charge is 0.407 e. The number of hydrogen-bond donors (Lipinski definition) is 3. The minimum Gasteiger partial charge on any atom is -0.478 e. The van der Waals surface area contributed by atoms with Gasteiger partial charge in [0.15, 0.2) is 0 Å². The average Bonchev–Trinajstić information content (AvgIpc) is 3.33. The van der Waals surface area contributed by atoms with Crippen LogP contribution in [0.2, 0.25) is 0 Å². The first kappa shape index (κ1) is 28.1. The number of benzene rings is 4. The third-order valence-corrected chi connectivity index (χ3v) is 6.94. The number of carboxylic acids is 1. The summed E-state index contributed by atoms with van der Waals surface area (Å²) >= 11 is 0. The number of alkyl carbamates (subject to hydrolysis) is 1. The Balaban J connectivity index is 1.27. The Morgan fingerprint density at radius 1 is 0.762 bits per heavy atom. The second kappa shape index (κ2) is 12.8. The van der Waals surface area contributed by atoms with Crippen LogP contribution in [-0.4, -0.2) is 41.7 Å². The second-order valence-electron chi connectivity index (χ2n) is 9.75. The summed E-state index contributed by atoms with van der Waals surface area (Å²) in [6.45, 7) is 0.0208. The number of carbonyl (C=O) groups is 4. The maximum atomic E-state index is 13.2. The molecule has 212 valence electrons. The molecule has 4 aromatic carbocycles. The maximum absolute atomic E-state index is 13.2. The topological polar surface area (TPSA) is 131 Å². The number of hydrogen-bond acceptors (Lipinski definition) is 6. The SMILES string of the molecule is O=C(C[C@H](NC(=O)OCC1c2ccccc2-c2ccccc21)C(=O)Nc1cccc(C(=O)O)c1)OCc1ccccc1. The van der Waals surface area contributed by atoms with Gasteiger partial charge in [-0.25, -0.2) is 9.59 Å². The molecule has 0 fully saturated rings. The molecule has 0 heterocycles. The van der Waals surface area contributed by atoms with Gasteiger partial charge in [0, 0.05) is 11.6 Å². The fourth-order valence-corrected chi connectivity index (χ4v) is 4.91. The van der Waals surface area contributed by atoms with Crippen LogP contribution >= 0.6 is 0 Å². The molecule has 0 saturated carbocycles. The van der Waals surface area contributed by atoms with E-state index in [1.165, 1.54) is 24.3 Å². The Kier molecular flexibility index (Phi) is 8.58. The number of carboxylic acid groups (broad SMARTS) is 1. The standard InChI is InChI=1S/C33H28N2O7/c36-30(41-19-21-9-2-1-3-10-21)18-29(31(37)34-23-12-8-11-22(17-23)32(38)39)35-33(40)42-20-28-26-15-6-4-13-24(26)25-14-5-7-16-27(25)28/h1-17,28-29H,18-20H2,(H,34,37)(H,35,40)(H,38,39)/t29-/m0/s1. The van der Waals surface area contributed by atoms with E-state index >= 15 is 0 Å². The molecule has 5 rings (SSSR count). The third-order valence-electron chi connectivity index (χ3n) is 6.94. The number of anilines is 1. The number of nitrogens with one attached hydrogen (secondary N) is 2. The lowest BCUT2D eigenvalue weighted by atomic mass is 9.98. The molecule has 1 atom stereocenters. The summed E-state index contributed by atoms with van der Waals surface area (Å²) in [6, 6.07) is 29.1. The Bertz CT molecular complexity index is 1570. The van der Waals surface area contributed by atoms with E-state index in [4.69, 9.17) is 9.47 Å². The average molecular weight is 565 g/mol. The minimum absolute atomic E-state index is 0.000383. The summed E-state index contributed by atoms with van der Waals surface area (Å²) in [5, 5.41) is 14.3. The van der Waals surface area contributed by atoms with E-state index in [0.29, 0.717) is 0 Å². The number of amides is 2. The van der Waals surface area contributed by atoms with Gasteiger partial charge < -0.3 is 25.2 Å². The van der Waals surface area contributed by atoms with Crippen LogP contribution in [0.3, 0.4) is 0 Å². The van der Waals surface area contributed by atoms with Crippen molar-refractivity contribution in [3.05, 3.63) is 125 Å². The van der Waals surface area contributed by atoms with E-state index in [9.17, 15) is 24.3 Å². The van der Waals surface area contributed by atoms with Gasteiger partial charge >= 0.3 is 18.0 Å². The van der Waals surface area contributed by atoms with E-state index in [1.807, 2.05) is 66.7 Å². The summed E-state index contributed by atoms with van der Waals surface area (Å²) in [7, 11) is 0. The lowest BCUT2D eigenvalue weighted by Crippen LogP contribution is -2.45. The fraction of sp³-hybridized carbons (Fsp3) is 0.152. The summed E-state index contributed by atoms with van der Waals surface area (Å²) < 4.78 is 10.9. The maximum Gasteiger partial charge on any atom is 0.407 e. The molecule has 0 bridgehead atoms. The van der Waals surface area contributed by atoms with Crippen molar-refractivity contribution in [3.63, 3.8) is 0 Å². The molecule has 0 aromatic heterocycles. The van der Waals surface area contributed by atoms with Crippen LogP contribution in [0.5, 0.6) is 0 Å². The van der Waals surface area contributed by atoms with Crippen LogP contribution in [0.1, 0.15) is 39.4 Å². The molecular weight excluding hydrogens is 536 g/mol. The number of rotatable bonds is 10. The summed E-state index contributed by atoms with van der Waals surface area (Å²) in [5.41, 5.74) is 5.13. The van der Waals surface area contributed by atoms with Crippen molar-refractivity contribution in [1.82, 2.24) is 5.32 Å². The zero-order valence-electron chi connectivity index (χ0n) is 22.5. The van der Waals surface area contributed by atoms with E-state index in [0.717, 1.165) is 27.8 Å². The Morgan fingerprint density at radius 2 is 1.40 bits per heavy atom. The third kappa shape index (κ3) is 6.64. The molecule has 1 aliphatic carbocycles. The van der Waals surface area contributed by atoms with Crippen molar-refractivity contribution in [3.8, 4) is 11.1 Å². The zero-order chi connectivity index (χ0) is 29.5. The largest absolute Gasteiger partial charge is 0.478 e. The molecular formula is C33H28N2O7. The molecule has 3 N–H and O–H groups in total. The highest BCUT2D eigenvalue weighted by atomic mass is 16.5. The summed E-state index contributed by atoms with van der Waals surface area (Å²) in [4.78, 5) is 50.2. The van der Waals surface area contributed by atoms with Gasteiger partial charge in [-0.3, -0.25) is 9.59 Å². The number of ether oxygens (including phenoxy) is 2. The summed E-state index contributed by atoms with van der Waals surface area (Å²) in [5.74, 6) is -2.80. The van der Waals surface area contributed by atoms with Crippen molar-refractivity contribution < 1.29 is 33.8 Å². The molecule has 42 heavy (non-hydrogen) atoms. The van der Waals surface area contributed by atoms with Crippen molar-refractivity contribution >= 4 is 29.6 Å². The molecule has 1 aliphatic rings. The summed E-state index contributed by atoms with van der Waals surface area (Å²) in [6.07, 6.45) is -1.35. The van der Waals surface area contributed by atoms with Gasteiger partial charge in [-0.2, -0.15) is 0 Å². The van der Waals surface area contributed by atoms with Crippen LogP contribution < -0.4 is 10.6 Å². The van der Waals surface area contributed by atoms with E-state index < -0.39 is 36.4 Å². The van der Waals surface area contributed by atoms with Crippen molar-refractivity contribution in [2.45, 2.75) is 25.0 Å². The van der Waals surface area contributed by atoms with Gasteiger partial charge in [-0.05, 0) is 46.0 Å². The lowest BCUT2D eigenvalue weighted by molar-refractivity contribution is -0.146. The Labute approximate surface area is 242 Å². The molecule has 0 radical (unpaired) electrons. The predicted molar refractivity (Wildman–Crippen MR) is 155 cm³/mol. The first-order chi connectivity index (χ1) is 20.4. The zero-order valence-corrected chi connectivity index (χ0v) is 22.5. The molecule has 4 aromatic rings. The normalized spacial score (nSPS) is 12.4. The van der Waals surface area contributed by atoms with Crippen LogP contribution in [-0.2, 0) is 25.7 Å². The van der Waals surface area contributed by atoms with Crippen molar-refractivity contribution in [2.24, 2.45) is 0 Å². The monoisotopic (exact) mass is 564 g/mol.